The van der Waals surface area contributed by atoms with Gasteiger partial charge < -0.3 is 20.5 Å². The number of carboxylic acid groups (broad SMARTS) is 1. The lowest BCUT2D eigenvalue weighted by Gasteiger charge is -2.17. The van der Waals surface area contributed by atoms with E-state index in [2.05, 4.69) is 34.9 Å². The van der Waals surface area contributed by atoms with Gasteiger partial charge in [0.15, 0.2) is 0 Å². The van der Waals surface area contributed by atoms with Crippen LogP contribution >= 0.6 is 0 Å². The number of carbonyl (C=O) groups is 3. The first-order valence-electron chi connectivity index (χ1n) is 11.1. The van der Waals surface area contributed by atoms with Gasteiger partial charge in [-0.15, -0.1) is 0 Å². The zero-order chi connectivity index (χ0) is 24.1. The Labute approximate surface area is 197 Å². The molecule has 0 unspecified atom stereocenters. The average Bonchev–Trinajstić information content (AvgIpc) is 3.12. The van der Waals surface area contributed by atoms with E-state index in [1.165, 1.54) is 0 Å². The predicted octanol–water partition coefficient (Wildman–Crippen LogP) is 4.57. The van der Waals surface area contributed by atoms with Crippen molar-refractivity contribution < 1.29 is 24.2 Å². The molecule has 174 valence electrons. The number of anilines is 1. The molecule has 7 heteroatoms. The van der Waals surface area contributed by atoms with Gasteiger partial charge >= 0.3 is 12.1 Å². The lowest BCUT2D eigenvalue weighted by atomic mass is 9.98. The van der Waals surface area contributed by atoms with Crippen LogP contribution < -0.4 is 10.6 Å². The maximum Gasteiger partial charge on any atom is 0.407 e. The van der Waals surface area contributed by atoms with Crippen LogP contribution in [0.4, 0.5) is 10.5 Å². The maximum atomic E-state index is 12.4. The fraction of sp³-hybridized carbons (Fsp3) is 0.222. The van der Waals surface area contributed by atoms with Gasteiger partial charge in [-0.2, -0.15) is 0 Å². The Morgan fingerprint density at radius 2 is 1.50 bits per heavy atom. The van der Waals surface area contributed by atoms with Crippen LogP contribution in [0.2, 0.25) is 0 Å². The normalized spacial score (nSPS) is 12.9. The predicted molar refractivity (Wildman–Crippen MR) is 129 cm³/mol. The number of fused-ring (bicyclic) bond motifs is 3. The number of hydrogen-bond donors (Lipinski definition) is 3. The smallest absolute Gasteiger partial charge is 0.407 e. The van der Waals surface area contributed by atoms with E-state index >= 15 is 0 Å². The summed E-state index contributed by atoms with van der Waals surface area (Å²) >= 11 is 0. The van der Waals surface area contributed by atoms with E-state index in [1.807, 2.05) is 24.3 Å². The molecule has 7 nitrogen and oxygen atoms in total. The first-order valence-corrected chi connectivity index (χ1v) is 11.1. The van der Waals surface area contributed by atoms with Crippen LogP contribution in [-0.2, 0) is 20.7 Å². The van der Waals surface area contributed by atoms with Gasteiger partial charge in [-0.05, 0) is 40.8 Å². The number of nitrogens with one attached hydrogen (secondary N) is 2. The zero-order valence-corrected chi connectivity index (χ0v) is 18.8. The molecule has 0 aromatic heterocycles. The number of amides is 2. The lowest BCUT2D eigenvalue weighted by Crippen LogP contribution is -2.36. The van der Waals surface area contributed by atoms with E-state index in [1.54, 1.807) is 31.2 Å². The Hall–Kier alpha value is -4.13. The minimum atomic E-state index is -0.980. The topological polar surface area (TPSA) is 105 Å². The Morgan fingerprint density at radius 1 is 0.912 bits per heavy atom. The first-order chi connectivity index (χ1) is 16.4. The summed E-state index contributed by atoms with van der Waals surface area (Å²) in [5.41, 5.74) is 5.53. The van der Waals surface area contributed by atoms with E-state index < -0.39 is 18.1 Å². The standard InChI is InChI=1S/C27H26N2O5/c1-17(14-25(30)29-24-13-7-2-8-18(24)15-26(31)32)28-27(33)34-16-23-21-11-5-3-9-19(21)20-10-4-6-12-22(20)23/h2-13,17,23H,14-16H2,1H3,(H,28,33)(H,29,30)(H,31,32)/t17-/m1/s1. The van der Waals surface area contributed by atoms with Gasteiger partial charge in [0.1, 0.15) is 6.61 Å². The van der Waals surface area contributed by atoms with E-state index in [9.17, 15) is 14.4 Å². The number of carbonyl (C=O) groups excluding carboxylic acids is 2. The molecule has 34 heavy (non-hydrogen) atoms. The van der Waals surface area contributed by atoms with Crippen molar-refractivity contribution in [2.45, 2.75) is 31.7 Å². The van der Waals surface area contributed by atoms with E-state index in [-0.39, 0.29) is 31.3 Å². The molecule has 1 aliphatic carbocycles. The van der Waals surface area contributed by atoms with Crippen molar-refractivity contribution in [2.24, 2.45) is 0 Å². The molecule has 0 aliphatic heterocycles. The molecule has 2 amide bonds. The van der Waals surface area contributed by atoms with Gasteiger partial charge in [-0.25, -0.2) is 4.79 Å². The quantitative estimate of drug-likeness (QED) is 0.459. The van der Waals surface area contributed by atoms with E-state index in [0.717, 1.165) is 22.3 Å². The molecule has 1 atom stereocenters. The van der Waals surface area contributed by atoms with Crippen molar-refractivity contribution in [3.05, 3.63) is 89.5 Å². The first kappa shape index (κ1) is 23.0. The number of benzene rings is 3. The molecule has 0 bridgehead atoms. The van der Waals surface area contributed by atoms with Crippen LogP contribution in [0.5, 0.6) is 0 Å². The third-order valence-corrected chi connectivity index (χ3v) is 5.83. The highest BCUT2D eigenvalue weighted by molar-refractivity contribution is 5.92. The molecular formula is C27H26N2O5. The molecule has 1 aliphatic rings. The zero-order valence-electron chi connectivity index (χ0n) is 18.8. The summed E-state index contributed by atoms with van der Waals surface area (Å²) in [5, 5.41) is 14.5. The van der Waals surface area contributed by atoms with Crippen LogP contribution in [0.3, 0.4) is 0 Å². The summed E-state index contributed by atoms with van der Waals surface area (Å²) in [5.74, 6) is -1.35. The van der Waals surface area contributed by atoms with Crippen molar-refractivity contribution in [3.63, 3.8) is 0 Å². The summed E-state index contributed by atoms with van der Waals surface area (Å²) in [7, 11) is 0. The Kier molecular flexibility index (Phi) is 6.92. The second-order valence-electron chi connectivity index (χ2n) is 8.35. The van der Waals surface area contributed by atoms with Crippen molar-refractivity contribution in [2.75, 3.05) is 11.9 Å². The third kappa shape index (κ3) is 5.26. The van der Waals surface area contributed by atoms with Crippen LogP contribution in [0.25, 0.3) is 11.1 Å². The summed E-state index contributed by atoms with van der Waals surface area (Å²) in [6, 6.07) is 22.5. The van der Waals surface area contributed by atoms with Gasteiger partial charge in [0.2, 0.25) is 5.91 Å². The van der Waals surface area contributed by atoms with Crippen LogP contribution in [0.1, 0.15) is 36.0 Å². The van der Waals surface area contributed by atoms with Gasteiger partial charge in [-0.3, -0.25) is 9.59 Å². The number of para-hydroxylation sites is 1. The number of ether oxygens (including phenoxy) is 1. The number of hydrogen-bond acceptors (Lipinski definition) is 4. The number of alkyl carbamates (subject to hydrolysis) is 1. The fourth-order valence-corrected chi connectivity index (χ4v) is 4.33. The minimum Gasteiger partial charge on any atom is -0.481 e. The number of rotatable bonds is 8. The minimum absolute atomic E-state index is 0.0194. The highest BCUT2D eigenvalue weighted by Crippen LogP contribution is 2.44. The number of carboxylic acids is 1. The monoisotopic (exact) mass is 458 g/mol. The second kappa shape index (κ2) is 10.2. The largest absolute Gasteiger partial charge is 0.481 e. The molecule has 3 aromatic carbocycles. The number of aliphatic carboxylic acids is 1. The summed E-state index contributed by atoms with van der Waals surface area (Å²) in [6.45, 7) is 1.91. The fourth-order valence-electron chi connectivity index (χ4n) is 4.33. The summed E-state index contributed by atoms with van der Waals surface area (Å²) in [4.78, 5) is 35.9. The van der Waals surface area contributed by atoms with Gasteiger partial charge in [0.05, 0.1) is 6.42 Å². The van der Waals surface area contributed by atoms with Crippen molar-refractivity contribution in [3.8, 4) is 11.1 Å². The molecule has 4 rings (SSSR count). The van der Waals surface area contributed by atoms with Crippen molar-refractivity contribution >= 4 is 23.7 Å². The molecule has 0 fully saturated rings. The third-order valence-electron chi connectivity index (χ3n) is 5.83. The summed E-state index contributed by atoms with van der Waals surface area (Å²) < 4.78 is 5.53. The van der Waals surface area contributed by atoms with E-state index in [4.69, 9.17) is 9.84 Å². The molecule has 0 saturated carbocycles. The molecule has 0 heterocycles. The molecular weight excluding hydrogens is 432 g/mol. The molecule has 0 spiro atoms. The molecule has 0 saturated heterocycles. The highest BCUT2D eigenvalue weighted by atomic mass is 16.5. The molecule has 0 radical (unpaired) electrons. The maximum absolute atomic E-state index is 12.4. The van der Waals surface area contributed by atoms with Crippen LogP contribution in [-0.4, -0.2) is 35.7 Å². The summed E-state index contributed by atoms with van der Waals surface area (Å²) in [6.07, 6.45) is -0.760. The van der Waals surface area contributed by atoms with Gasteiger partial charge in [0, 0.05) is 24.1 Å². The highest BCUT2D eigenvalue weighted by Gasteiger charge is 2.29. The van der Waals surface area contributed by atoms with Gasteiger partial charge in [-0.1, -0.05) is 66.7 Å². The second-order valence-corrected chi connectivity index (χ2v) is 8.35. The molecule has 3 N–H and O–H groups in total. The van der Waals surface area contributed by atoms with Crippen LogP contribution in [0.15, 0.2) is 72.8 Å². The van der Waals surface area contributed by atoms with Crippen molar-refractivity contribution in [1.29, 1.82) is 0 Å². The van der Waals surface area contributed by atoms with Gasteiger partial charge in [0.25, 0.3) is 0 Å². The Bertz CT molecular complexity index is 1180. The van der Waals surface area contributed by atoms with Crippen LogP contribution in [0, 0.1) is 0 Å². The SMILES string of the molecule is C[C@H](CC(=O)Nc1ccccc1CC(=O)O)NC(=O)OCC1c2ccccc2-c2ccccc21. The average molecular weight is 459 g/mol. The Morgan fingerprint density at radius 3 is 2.15 bits per heavy atom. The van der Waals surface area contributed by atoms with E-state index in [0.29, 0.717) is 11.3 Å². The Balaban J connectivity index is 1.30. The lowest BCUT2D eigenvalue weighted by molar-refractivity contribution is -0.136. The van der Waals surface area contributed by atoms with Crippen molar-refractivity contribution in [1.82, 2.24) is 5.32 Å². The molecule has 3 aromatic rings.